The minimum absolute atomic E-state index is 0.00728. The molecule has 1 fully saturated rings. The SMILES string of the molecule is O=c1c([N+](=O)[O-])c(-c2cnn(-c3ccccc3)c2)n(C2CCC2)c(=O)n1Cc1ccncc1. The highest BCUT2D eigenvalue weighted by Crippen LogP contribution is 2.36. The van der Waals surface area contributed by atoms with Gasteiger partial charge in [-0.15, -0.1) is 0 Å². The van der Waals surface area contributed by atoms with Crippen LogP contribution in [0.25, 0.3) is 16.9 Å². The van der Waals surface area contributed by atoms with E-state index >= 15 is 0 Å². The first-order chi connectivity index (χ1) is 16.0. The van der Waals surface area contributed by atoms with Gasteiger partial charge in [0.05, 0.1) is 23.4 Å². The number of para-hydroxylation sites is 1. The molecule has 0 unspecified atom stereocenters. The molecule has 10 nitrogen and oxygen atoms in total. The van der Waals surface area contributed by atoms with Crippen molar-refractivity contribution in [2.75, 3.05) is 0 Å². The Bertz CT molecular complexity index is 1440. The Morgan fingerprint density at radius 3 is 2.42 bits per heavy atom. The lowest BCUT2D eigenvalue weighted by Crippen LogP contribution is -2.44. The molecule has 10 heteroatoms. The molecule has 0 spiro atoms. The van der Waals surface area contributed by atoms with Gasteiger partial charge in [-0.25, -0.2) is 14.0 Å². The van der Waals surface area contributed by atoms with Gasteiger partial charge in [0, 0.05) is 30.2 Å². The summed E-state index contributed by atoms with van der Waals surface area (Å²) in [7, 11) is 0. The van der Waals surface area contributed by atoms with Crippen LogP contribution in [0.1, 0.15) is 30.9 Å². The van der Waals surface area contributed by atoms with Crippen LogP contribution in [-0.2, 0) is 6.54 Å². The average molecular weight is 444 g/mol. The molecule has 0 N–H and O–H groups in total. The molecule has 0 radical (unpaired) electrons. The Morgan fingerprint density at radius 1 is 1.06 bits per heavy atom. The third-order valence-electron chi connectivity index (χ3n) is 5.94. The molecule has 0 saturated heterocycles. The number of rotatable bonds is 6. The van der Waals surface area contributed by atoms with E-state index in [1.165, 1.54) is 10.8 Å². The normalized spacial score (nSPS) is 13.6. The fourth-order valence-corrected chi connectivity index (χ4v) is 4.06. The zero-order valence-electron chi connectivity index (χ0n) is 17.6. The highest BCUT2D eigenvalue weighted by atomic mass is 16.6. The summed E-state index contributed by atoms with van der Waals surface area (Å²) in [5.41, 5.74) is -0.341. The second kappa shape index (κ2) is 8.30. The zero-order chi connectivity index (χ0) is 22.9. The predicted octanol–water partition coefficient (Wildman–Crippen LogP) is 2.94. The van der Waals surface area contributed by atoms with Crippen LogP contribution in [0, 0.1) is 10.1 Å². The molecule has 0 bridgehead atoms. The first kappa shape index (κ1) is 20.6. The molecular weight excluding hydrogens is 424 g/mol. The van der Waals surface area contributed by atoms with Crippen molar-refractivity contribution in [2.45, 2.75) is 31.8 Å². The minimum Gasteiger partial charge on any atom is -0.284 e. The molecule has 3 heterocycles. The molecule has 0 amide bonds. The maximum Gasteiger partial charge on any atom is 0.358 e. The van der Waals surface area contributed by atoms with E-state index in [1.54, 1.807) is 35.4 Å². The Kier molecular flexibility index (Phi) is 5.17. The summed E-state index contributed by atoms with van der Waals surface area (Å²) in [4.78, 5) is 42.2. The van der Waals surface area contributed by atoms with Crippen LogP contribution in [0.2, 0.25) is 0 Å². The standard InChI is InChI=1S/C23H20N6O4/c30-22-21(29(32)33)20(17-13-25-27(15-17)18-5-2-1-3-6-18)28(19-7-4-8-19)23(31)26(22)14-16-9-11-24-12-10-16/h1-3,5-6,9-13,15,19H,4,7-8,14H2. The molecule has 5 rings (SSSR count). The molecule has 33 heavy (non-hydrogen) atoms. The number of aromatic nitrogens is 5. The second-order valence-corrected chi connectivity index (χ2v) is 7.95. The van der Waals surface area contributed by atoms with E-state index in [1.807, 2.05) is 30.3 Å². The Hall–Kier alpha value is -4.34. The second-order valence-electron chi connectivity index (χ2n) is 7.95. The summed E-state index contributed by atoms with van der Waals surface area (Å²) >= 11 is 0. The van der Waals surface area contributed by atoms with E-state index < -0.39 is 21.9 Å². The molecule has 0 atom stereocenters. The predicted molar refractivity (Wildman–Crippen MR) is 120 cm³/mol. The number of hydrogen-bond donors (Lipinski definition) is 0. The fraction of sp³-hybridized carbons (Fsp3) is 0.217. The van der Waals surface area contributed by atoms with Gasteiger partial charge in [0.1, 0.15) is 5.69 Å². The topological polar surface area (TPSA) is 118 Å². The molecule has 1 aliphatic rings. The lowest BCUT2D eigenvalue weighted by atomic mass is 9.92. The first-order valence-corrected chi connectivity index (χ1v) is 10.6. The summed E-state index contributed by atoms with van der Waals surface area (Å²) in [6.45, 7) is -0.0721. The minimum atomic E-state index is -0.931. The Balaban J connectivity index is 1.74. The Morgan fingerprint density at radius 2 is 1.79 bits per heavy atom. The van der Waals surface area contributed by atoms with Crippen LogP contribution in [0.4, 0.5) is 5.69 Å². The molecule has 0 aliphatic heterocycles. The molecule has 4 aromatic rings. The quantitative estimate of drug-likeness (QED) is 0.333. The van der Waals surface area contributed by atoms with E-state index in [9.17, 15) is 19.7 Å². The molecule has 1 aromatic carbocycles. The highest BCUT2D eigenvalue weighted by molar-refractivity contribution is 5.69. The monoisotopic (exact) mass is 444 g/mol. The van der Waals surface area contributed by atoms with Crippen molar-refractivity contribution in [3.05, 3.63) is 104 Å². The van der Waals surface area contributed by atoms with E-state index in [0.717, 1.165) is 16.7 Å². The van der Waals surface area contributed by atoms with Crippen LogP contribution >= 0.6 is 0 Å². The van der Waals surface area contributed by atoms with E-state index in [4.69, 9.17) is 0 Å². The molecule has 3 aromatic heterocycles. The van der Waals surface area contributed by atoms with Gasteiger partial charge in [-0.05, 0) is 49.1 Å². The fourth-order valence-electron chi connectivity index (χ4n) is 4.06. The van der Waals surface area contributed by atoms with E-state index in [-0.39, 0.29) is 18.3 Å². The average Bonchev–Trinajstić information content (AvgIpc) is 3.28. The van der Waals surface area contributed by atoms with Crippen LogP contribution in [0.15, 0.2) is 76.8 Å². The number of nitrogens with zero attached hydrogens (tertiary/aromatic N) is 6. The lowest BCUT2D eigenvalue weighted by molar-refractivity contribution is -0.386. The van der Waals surface area contributed by atoms with Gasteiger partial charge in [0.25, 0.3) is 0 Å². The van der Waals surface area contributed by atoms with Crippen molar-refractivity contribution in [2.24, 2.45) is 0 Å². The van der Waals surface area contributed by atoms with Crippen LogP contribution in [0.3, 0.4) is 0 Å². The first-order valence-electron chi connectivity index (χ1n) is 10.6. The third kappa shape index (κ3) is 3.65. The largest absolute Gasteiger partial charge is 0.358 e. The Labute approximate surface area is 187 Å². The molecule has 166 valence electrons. The van der Waals surface area contributed by atoms with Gasteiger partial charge in [-0.1, -0.05) is 18.2 Å². The van der Waals surface area contributed by atoms with Gasteiger partial charge in [0.2, 0.25) is 0 Å². The highest BCUT2D eigenvalue weighted by Gasteiger charge is 2.34. The maximum atomic E-state index is 13.5. The van der Waals surface area contributed by atoms with Gasteiger partial charge in [-0.3, -0.25) is 24.5 Å². The summed E-state index contributed by atoms with van der Waals surface area (Å²) < 4.78 is 3.92. The van der Waals surface area contributed by atoms with Crippen LogP contribution < -0.4 is 11.2 Å². The number of nitro groups is 1. The van der Waals surface area contributed by atoms with Gasteiger partial charge >= 0.3 is 16.9 Å². The maximum absolute atomic E-state index is 13.5. The van der Waals surface area contributed by atoms with Crippen molar-refractivity contribution in [1.82, 2.24) is 23.9 Å². The van der Waals surface area contributed by atoms with Crippen molar-refractivity contribution in [3.63, 3.8) is 0 Å². The third-order valence-corrected chi connectivity index (χ3v) is 5.94. The number of pyridine rings is 1. The van der Waals surface area contributed by atoms with Crippen molar-refractivity contribution >= 4 is 5.69 Å². The van der Waals surface area contributed by atoms with Crippen molar-refractivity contribution in [1.29, 1.82) is 0 Å². The smallest absolute Gasteiger partial charge is 0.284 e. The van der Waals surface area contributed by atoms with Crippen LogP contribution in [-0.4, -0.2) is 28.8 Å². The van der Waals surface area contributed by atoms with Crippen molar-refractivity contribution < 1.29 is 4.92 Å². The van der Waals surface area contributed by atoms with Gasteiger partial charge in [0.15, 0.2) is 0 Å². The van der Waals surface area contributed by atoms with Crippen LogP contribution in [0.5, 0.6) is 0 Å². The molecular formula is C23H20N6O4. The van der Waals surface area contributed by atoms with Gasteiger partial charge < -0.3 is 0 Å². The summed E-state index contributed by atoms with van der Waals surface area (Å²) in [5, 5.41) is 16.4. The number of hydrogen-bond acceptors (Lipinski definition) is 6. The molecule has 1 aliphatic carbocycles. The number of benzene rings is 1. The summed E-state index contributed by atoms with van der Waals surface area (Å²) in [5.74, 6) is 0. The summed E-state index contributed by atoms with van der Waals surface area (Å²) in [6, 6.07) is 12.4. The van der Waals surface area contributed by atoms with E-state index in [0.29, 0.717) is 24.0 Å². The zero-order valence-corrected chi connectivity index (χ0v) is 17.6. The van der Waals surface area contributed by atoms with E-state index in [2.05, 4.69) is 10.1 Å². The van der Waals surface area contributed by atoms with Gasteiger partial charge in [-0.2, -0.15) is 5.10 Å². The van der Waals surface area contributed by atoms with Crippen molar-refractivity contribution in [3.8, 4) is 16.9 Å². The molecule has 1 saturated carbocycles. The lowest BCUT2D eigenvalue weighted by Gasteiger charge is -2.30. The summed E-state index contributed by atoms with van der Waals surface area (Å²) in [6.07, 6.45) is 8.50.